The molecule has 0 saturated carbocycles. The third-order valence-electron chi connectivity index (χ3n) is 5.55. The Morgan fingerprint density at radius 2 is 1.90 bits per heavy atom. The number of rotatable bonds is 4. The Morgan fingerprint density at radius 1 is 1.13 bits per heavy atom. The molecular weight excluding hydrogens is 385 g/mol. The lowest BCUT2D eigenvalue weighted by Crippen LogP contribution is -2.23. The zero-order chi connectivity index (χ0) is 20.7. The molecule has 1 fully saturated rings. The van der Waals surface area contributed by atoms with Crippen LogP contribution in [0.15, 0.2) is 53.7 Å². The number of hydrogen-bond acceptors (Lipinski definition) is 6. The molecule has 9 heteroatoms. The zero-order valence-corrected chi connectivity index (χ0v) is 16.4. The van der Waals surface area contributed by atoms with Gasteiger partial charge in [-0.1, -0.05) is 6.92 Å². The molecule has 0 bridgehead atoms. The summed E-state index contributed by atoms with van der Waals surface area (Å²) >= 11 is 0. The minimum atomic E-state index is -0.326. The molecule has 1 N–H and O–H groups in total. The van der Waals surface area contributed by atoms with Crippen molar-refractivity contribution >= 4 is 5.52 Å². The van der Waals surface area contributed by atoms with Crippen LogP contribution in [0, 0.1) is 11.7 Å². The van der Waals surface area contributed by atoms with Gasteiger partial charge >= 0.3 is 0 Å². The average molecular weight is 405 g/mol. The van der Waals surface area contributed by atoms with E-state index in [1.807, 2.05) is 0 Å². The largest absolute Gasteiger partial charge is 0.307 e. The quantitative estimate of drug-likeness (QED) is 0.560. The molecule has 3 aromatic heterocycles. The molecule has 1 aliphatic rings. The average Bonchev–Trinajstić information content (AvgIpc) is 3.33. The van der Waals surface area contributed by atoms with E-state index in [-0.39, 0.29) is 17.3 Å². The maximum Gasteiger partial charge on any atom is 0.276 e. The summed E-state index contributed by atoms with van der Waals surface area (Å²) in [7, 11) is 0. The molecule has 8 nitrogen and oxygen atoms in total. The summed E-state index contributed by atoms with van der Waals surface area (Å²) in [5, 5.41) is 4.72. The second-order valence-corrected chi connectivity index (χ2v) is 7.67. The highest BCUT2D eigenvalue weighted by Crippen LogP contribution is 2.31. The number of likely N-dealkylation sites (tertiary alicyclic amines) is 1. The molecule has 0 spiro atoms. The standard InChI is InChI=1S/C21H20FN7O/c1-13-10-28(12-18-23-7-2-8-24-18)11-16(13)19-26-21(30)17-9-25-20(29(17)27-19)14-3-5-15(22)6-4-14/h2-9,13,16H,10-12H2,1H3,(H,26,27,30)/t13?,16-/m1/s1. The molecule has 0 aliphatic carbocycles. The maximum absolute atomic E-state index is 13.3. The molecular formula is C21H20FN7O. The van der Waals surface area contributed by atoms with Gasteiger partial charge in [-0.25, -0.2) is 23.9 Å². The predicted molar refractivity (Wildman–Crippen MR) is 108 cm³/mol. The number of imidazole rings is 1. The van der Waals surface area contributed by atoms with E-state index in [4.69, 9.17) is 5.10 Å². The summed E-state index contributed by atoms with van der Waals surface area (Å²) in [6.45, 7) is 4.41. The number of nitrogens with one attached hydrogen (secondary N) is 1. The molecule has 1 unspecified atom stereocenters. The van der Waals surface area contributed by atoms with Crippen molar-refractivity contribution in [1.82, 2.24) is 34.4 Å². The molecule has 4 heterocycles. The van der Waals surface area contributed by atoms with Crippen molar-refractivity contribution < 1.29 is 4.39 Å². The predicted octanol–water partition coefficient (Wildman–Crippen LogP) is 2.25. The van der Waals surface area contributed by atoms with Gasteiger partial charge in [-0.2, -0.15) is 5.10 Å². The van der Waals surface area contributed by atoms with Crippen LogP contribution in [0.25, 0.3) is 16.9 Å². The first-order chi connectivity index (χ1) is 14.6. The Balaban J connectivity index is 1.48. The highest BCUT2D eigenvalue weighted by molar-refractivity contribution is 5.60. The zero-order valence-electron chi connectivity index (χ0n) is 16.4. The third kappa shape index (κ3) is 3.37. The van der Waals surface area contributed by atoms with Crippen molar-refractivity contribution in [2.24, 2.45) is 5.92 Å². The summed E-state index contributed by atoms with van der Waals surface area (Å²) in [5.74, 6) is 1.95. The molecule has 30 heavy (non-hydrogen) atoms. The number of nitrogens with zero attached hydrogens (tertiary/aromatic N) is 6. The molecule has 0 amide bonds. The first-order valence-corrected chi connectivity index (χ1v) is 9.80. The molecule has 1 aromatic carbocycles. The SMILES string of the molecule is CC1CN(Cc2ncccn2)C[C@H]1c1nn2c(-c3ccc(F)cc3)ncc2c(=O)[nH]1. The summed E-state index contributed by atoms with van der Waals surface area (Å²) in [5.41, 5.74) is 0.818. The van der Waals surface area contributed by atoms with Gasteiger partial charge in [-0.15, -0.1) is 0 Å². The fourth-order valence-electron chi connectivity index (χ4n) is 4.04. The Bertz CT molecular complexity index is 1240. The lowest BCUT2D eigenvalue weighted by Gasteiger charge is -2.15. The monoisotopic (exact) mass is 405 g/mol. The lowest BCUT2D eigenvalue weighted by atomic mass is 9.97. The van der Waals surface area contributed by atoms with Crippen LogP contribution < -0.4 is 5.56 Å². The van der Waals surface area contributed by atoms with Crippen LogP contribution in [-0.2, 0) is 6.54 Å². The van der Waals surface area contributed by atoms with E-state index in [1.165, 1.54) is 18.3 Å². The first kappa shape index (κ1) is 18.6. The van der Waals surface area contributed by atoms with Gasteiger partial charge in [0, 0.05) is 37.0 Å². The van der Waals surface area contributed by atoms with Gasteiger partial charge in [0.2, 0.25) is 0 Å². The van der Waals surface area contributed by atoms with Crippen LogP contribution in [-0.4, -0.2) is 47.5 Å². The van der Waals surface area contributed by atoms with Crippen LogP contribution in [0.4, 0.5) is 4.39 Å². The van der Waals surface area contributed by atoms with Crippen LogP contribution in [0.3, 0.4) is 0 Å². The minimum Gasteiger partial charge on any atom is -0.307 e. The van der Waals surface area contributed by atoms with E-state index in [0.717, 1.165) is 18.9 Å². The second-order valence-electron chi connectivity index (χ2n) is 7.67. The van der Waals surface area contributed by atoms with Gasteiger partial charge in [-0.3, -0.25) is 9.69 Å². The summed E-state index contributed by atoms with van der Waals surface area (Å²) in [4.78, 5) is 30.8. The van der Waals surface area contributed by atoms with E-state index in [9.17, 15) is 9.18 Å². The number of hydrogen-bond donors (Lipinski definition) is 1. The van der Waals surface area contributed by atoms with Crippen molar-refractivity contribution in [3.63, 3.8) is 0 Å². The van der Waals surface area contributed by atoms with Gasteiger partial charge in [0.05, 0.1) is 12.7 Å². The Kier molecular flexibility index (Phi) is 4.59. The molecule has 0 radical (unpaired) electrons. The molecule has 1 aliphatic heterocycles. The molecule has 5 rings (SSSR count). The summed E-state index contributed by atoms with van der Waals surface area (Å²) < 4.78 is 14.9. The molecule has 4 aromatic rings. The number of benzene rings is 1. The fourth-order valence-corrected chi connectivity index (χ4v) is 4.04. The number of aromatic nitrogens is 6. The number of H-pyrrole nitrogens is 1. The van der Waals surface area contributed by atoms with Gasteiger partial charge in [0.15, 0.2) is 11.3 Å². The van der Waals surface area contributed by atoms with Crippen molar-refractivity contribution in [3.05, 3.63) is 76.7 Å². The Morgan fingerprint density at radius 3 is 2.67 bits per heavy atom. The topological polar surface area (TPSA) is 92.1 Å². The summed E-state index contributed by atoms with van der Waals surface area (Å²) in [6, 6.07) is 7.80. The second kappa shape index (κ2) is 7.42. The van der Waals surface area contributed by atoms with Crippen LogP contribution in [0.1, 0.15) is 24.5 Å². The van der Waals surface area contributed by atoms with E-state index in [2.05, 4.69) is 31.8 Å². The number of halogens is 1. The van der Waals surface area contributed by atoms with Gasteiger partial charge in [0.25, 0.3) is 5.56 Å². The van der Waals surface area contributed by atoms with Crippen LogP contribution >= 0.6 is 0 Å². The van der Waals surface area contributed by atoms with E-state index >= 15 is 0 Å². The highest BCUT2D eigenvalue weighted by Gasteiger charge is 2.33. The fraction of sp³-hybridized carbons (Fsp3) is 0.286. The highest BCUT2D eigenvalue weighted by atomic mass is 19.1. The van der Waals surface area contributed by atoms with Gasteiger partial charge < -0.3 is 4.98 Å². The summed E-state index contributed by atoms with van der Waals surface area (Å²) in [6.07, 6.45) is 4.97. The number of fused-ring (bicyclic) bond motifs is 1. The van der Waals surface area contributed by atoms with Crippen LogP contribution in [0.5, 0.6) is 0 Å². The van der Waals surface area contributed by atoms with Gasteiger partial charge in [0.1, 0.15) is 17.5 Å². The van der Waals surface area contributed by atoms with Crippen molar-refractivity contribution in [1.29, 1.82) is 0 Å². The molecule has 1 saturated heterocycles. The van der Waals surface area contributed by atoms with E-state index < -0.39 is 0 Å². The van der Waals surface area contributed by atoms with Gasteiger partial charge in [-0.05, 0) is 36.2 Å². The third-order valence-corrected chi connectivity index (χ3v) is 5.55. The Hall–Kier alpha value is -3.46. The molecule has 2 atom stereocenters. The smallest absolute Gasteiger partial charge is 0.276 e. The minimum absolute atomic E-state index is 0.0641. The van der Waals surface area contributed by atoms with E-state index in [0.29, 0.717) is 35.2 Å². The number of aromatic amines is 1. The normalized spacial score (nSPS) is 19.5. The Labute approximate surface area is 171 Å². The van der Waals surface area contributed by atoms with Crippen molar-refractivity contribution in [2.45, 2.75) is 19.4 Å². The lowest BCUT2D eigenvalue weighted by molar-refractivity contribution is 0.310. The van der Waals surface area contributed by atoms with Crippen molar-refractivity contribution in [2.75, 3.05) is 13.1 Å². The van der Waals surface area contributed by atoms with Crippen LogP contribution in [0.2, 0.25) is 0 Å². The maximum atomic E-state index is 13.3. The van der Waals surface area contributed by atoms with Crippen molar-refractivity contribution in [3.8, 4) is 11.4 Å². The molecule has 152 valence electrons. The van der Waals surface area contributed by atoms with E-state index in [1.54, 1.807) is 35.1 Å². The first-order valence-electron chi connectivity index (χ1n) is 9.80.